The summed E-state index contributed by atoms with van der Waals surface area (Å²) < 4.78 is 5.80. The van der Waals surface area contributed by atoms with Gasteiger partial charge < -0.3 is 30.7 Å². The molecule has 4 N–H and O–H groups in total. The molecule has 198 valence electrons. The molecule has 1 aliphatic carbocycles. The molecule has 1 aromatic carbocycles. The minimum absolute atomic E-state index is 0.0467. The molecule has 0 saturated carbocycles. The number of rotatable bonds is 8. The Hall–Kier alpha value is -2.49. The highest BCUT2D eigenvalue weighted by atomic mass is 16.5. The van der Waals surface area contributed by atoms with Crippen LogP contribution in [-0.4, -0.2) is 78.3 Å². The molecule has 4 rings (SSSR count). The number of fused-ring (bicyclic) bond motifs is 2. The maximum atomic E-state index is 13.9. The fourth-order valence-electron chi connectivity index (χ4n) is 5.89. The number of carbonyl (C=O) groups is 3. The van der Waals surface area contributed by atoms with Crippen molar-refractivity contribution in [2.75, 3.05) is 20.3 Å². The van der Waals surface area contributed by atoms with Crippen LogP contribution in [0.15, 0.2) is 24.3 Å². The van der Waals surface area contributed by atoms with Gasteiger partial charge in [0.05, 0.1) is 31.4 Å². The first-order valence-electron chi connectivity index (χ1n) is 13.3. The van der Waals surface area contributed by atoms with Crippen molar-refractivity contribution >= 4 is 17.7 Å². The molecule has 2 fully saturated rings. The van der Waals surface area contributed by atoms with E-state index >= 15 is 0 Å². The molecule has 1 aromatic rings. The molecule has 0 unspecified atom stereocenters. The first-order chi connectivity index (χ1) is 17.4. The van der Waals surface area contributed by atoms with Crippen molar-refractivity contribution in [1.82, 2.24) is 20.9 Å². The average Bonchev–Trinajstić information content (AvgIpc) is 3.31. The van der Waals surface area contributed by atoms with Crippen LogP contribution in [0.5, 0.6) is 0 Å². The topological polar surface area (TPSA) is 120 Å². The van der Waals surface area contributed by atoms with E-state index in [0.29, 0.717) is 19.3 Å². The molecule has 2 saturated heterocycles. The highest BCUT2D eigenvalue weighted by molar-refractivity contribution is 5.94. The van der Waals surface area contributed by atoms with Crippen LogP contribution in [0.1, 0.15) is 69.0 Å². The van der Waals surface area contributed by atoms with Gasteiger partial charge in [0.2, 0.25) is 17.7 Å². The van der Waals surface area contributed by atoms with E-state index < -0.39 is 18.1 Å². The Bertz CT molecular complexity index is 940. The van der Waals surface area contributed by atoms with Crippen LogP contribution in [0.2, 0.25) is 0 Å². The maximum absolute atomic E-state index is 13.9. The summed E-state index contributed by atoms with van der Waals surface area (Å²) in [5, 5.41) is 18.3. The number of nitrogens with one attached hydrogen (secondary N) is 3. The highest BCUT2D eigenvalue weighted by Gasteiger charge is 2.45. The van der Waals surface area contributed by atoms with Crippen molar-refractivity contribution < 1.29 is 24.2 Å². The fourth-order valence-corrected chi connectivity index (χ4v) is 5.89. The van der Waals surface area contributed by atoms with E-state index in [9.17, 15) is 19.5 Å². The first-order valence-corrected chi connectivity index (χ1v) is 13.3. The predicted molar refractivity (Wildman–Crippen MR) is 135 cm³/mol. The van der Waals surface area contributed by atoms with Gasteiger partial charge in [0.15, 0.2) is 0 Å². The van der Waals surface area contributed by atoms with Gasteiger partial charge in [-0.3, -0.25) is 14.4 Å². The lowest BCUT2D eigenvalue weighted by molar-refractivity contribution is -0.146. The van der Waals surface area contributed by atoms with Crippen LogP contribution in [0, 0.1) is 0 Å². The van der Waals surface area contributed by atoms with E-state index in [-0.39, 0.29) is 49.1 Å². The van der Waals surface area contributed by atoms with Crippen molar-refractivity contribution in [3.63, 3.8) is 0 Å². The third-order valence-corrected chi connectivity index (χ3v) is 7.95. The summed E-state index contributed by atoms with van der Waals surface area (Å²) in [6.07, 6.45) is 5.77. The van der Waals surface area contributed by atoms with Gasteiger partial charge in [0, 0.05) is 12.5 Å². The van der Waals surface area contributed by atoms with Gasteiger partial charge in [-0.15, -0.1) is 0 Å². The number of carbonyl (C=O) groups excluding carboxylic acids is 3. The molecular weight excluding hydrogens is 460 g/mol. The zero-order valence-electron chi connectivity index (χ0n) is 21.4. The molecule has 6 atom stereocenters. The number of aliphatic hydroxyl groups excluding tert-OH is 1. The molecule has 3 aliphatic rings. The standard InChI is InChI=1S/C27H40N4O5/c1-17(28-2)25(33)30-23-16-20(36-15-14-32)12-10-19-11-13-24(31(19)27(23)35)26(34)29-22-9-5-7-18-6-3-4-8-21(18)22/h3-4,6,8,17,19-20,22-24,28,32H,5,7,9-16H2,1-2H3,(H,29,34)(H,30,33)/t17-,19-,20+,22+,23-,24-/m0/s1. The van der Waals surface area contributed by atoms with Crippen LogP contribution in [0.25, 0.3) is 0 Å². The lowest BCUT2D eigenvalue weighted by Gasteiger charge is -2.38. The van der Waals surface area contributed by atoms with Crippen molar-refractivity contribution in [3.8, 4) is 0 Å². The summed E-state index contributed by atoms with van der Waals surface area (Å²) in [5.41, 5.74) is 2.44. The lowest BCUT2D eigenvalue weighted by atomic mass is 9.87. The fraction of sp³-hybridized carbons (Fsp3) is 0.667. The van der Waals surface area contributed by atoms with Gasteiger partial charge in [-0.05, 0) is 70.0 Å². The van der Waals surface area contributed by atoms with E-state index in [4.69, 9.17) is 4.74 Å². The Morgan fingerprint density at radius 3 is 2.67 bits per heavy atom. The zero-order valence-corrected chi connectivity index (χ0v) is 21.4. The van der Waals surface area contributed by atoms with Crippen LogP contribution in [0.3, 0.4) is 0 Å². The molecule has 2 aliphatic heterocycles. The number of nitrogens with zero attached hydrogens (tertiary/aromatic N) is 1. The van der Waals surface area contributed by atoms with Crippen LogP contribution in [-0.2, 0) is 25.5 Å². The molecule has 0 aromatic heterocycles. The number of aryl methyl sites for hydroxylation is 1. The van der Waals surface area contributed by atoms with Crippen LogP contribution in [0.4, 0.5) is 0 Å². The van der Waals surface area contributed by atoms with E-state index in [1.807, 2.05) is 12.1 Å². The number of ether oxygens (including phenoxy) is 1. The van der Waals surface area contributed by atoms with E-state index in [1.165, 1.54) is 11.1 Å². The second-order valence-electron chi connectivity index (χ2n) is 10.2. The maximum Gasteiger partial charge on any atom is 0.246 e. The monoisotopic (exact) mass is 500 g/mol. The summed E-state index contributed by atoms with van der Waals surface area (Å²) in [5.74, 6) is -0.613. The van der Waals surface area contributed by atoms with Gasteiger partial charge >= 0.3 is 0 Å². The summed E-state index contributed by atoms with van der Waals surface area (Å²) >= 11 is 0. The number of amides is 3. The molecule has 0 spiro atoms. The summed E-state index contributed by atoms with van der Waals surface area (Å²) in [4.78, 5) is 41.8. The summed E-state index contributed by atoms with van der Waals surface area (Å²) in [6, 6.07) is 6.32. The van der Waals surface area contributed by atoms with Crippen LogP contribution < -0.4 is 16.0 Å². The molecule has 9 nitrogen and oxygen atoms in total. The SMILES string of the molecule is CN[C@@H](C)C(=O)N[C@H]1C[C@H](OCCO)CC[C@H]2CC[C@@H](C(=O)N[C@@H]3CCCc4ccccc43)N2C1=O. The Kier molecular flexibility index (Phi) is 8.98. The average molecular weight is 501 g/mol. The van der Waals surface area contributed by atoms with Gasteiger partial charge in [-0.1, -0.05) is 24.3 Å². The molecule has 3 amide bonds. The number of aliphatic hydroxyl groups is 1. The Morgan fingerprint density at radius 2 is 1.89 bits per heavy atom. The third kappa shape index (κ3) is 5.90. The Morgan fingerprint density at radius 1 is 1.11 bits per heavy atom. The van der Waals surface area contributed by atoms with Gasteiger partial charge in [0.25, 0.3) is 0 Å². The summed E-state index contributed by atoms with van der Waals surface area (Å²) in [6.45, 7) is 1.83. The van der Waals surface area contributed by atoms with Gasteiger partial charge in [0.1, 0.15) is 12.1 Å². The molecular formula is C27H40N4O5. The van der Waals surface area contributed by atoms with Gasteiger partial charge in [-0.25, -0.2) is 0 Å². The molecule has 0 radical (unpaired) electrons. The Labute approximate surface area is 213 Å². The van der Waals surface area contributed by atoms with E-state index in [2.05, 4.69) is 28.1 Å². The second-order valence-corrected chi connectivity index (χ2v) is 10.2. The molecule has 2 heterocycles. The zero-order chi connectivity index (χ0) is 25.7. The highest BCUT2D eigenvalue weighted by Crippen LogP contribution is 2.34. The molecule has 0 bridgehead atoms. The van der Waals surface area contributed by atoms with Crippen molar-refractivity contribution in [1.29, 1.82) is 0 Å². The number of benzene rings is 1. The molecule has 36 heavy (non-hydrogen) atoms. The molecule has 9 heteroatoms. The van der Waals surface area contributed by atoms with Crippen molar-refractivity contribution in [3.05, 3.63) is 35.4 Å². The van der Waals surface area contributed by atoms with Crippen LogP contribution >= 0.6 is 0 Å². The van der Waals surface area contributed by atoms with E-state index in [1.54, 1.807) is 18.9 Å². The smallest absolute Gasteiger partial charge is 0.246 e. The largest absolute Gasteiger partial charge is 0.394 e. The van der Waals surface area contributed by atoms with E-state index in [0.717, 1.165) is 32.1 Å². The minimum atomic E-state index is -0.788. The first kappa shape index (κ1) is 26.6. The lowest BCUT2D eigenvalue weighted by Crippen LogP contribution is -2.59. The van der Waals surface area contributed by atoms with Crippen molar-refractivity contribution in [2.45, 2.75) is 94.6 Å². The normalized spacial score (nSPS) is 28.9. The quantitative estimate of drug-likeness (QED) is 0.426. The predicted octanol–water partition coefficient (Wildman–Crippen LogP) is 1.19. The number of likely N-dealkylation sites (N-methyl/N-ethyl adjacent to an activating group) is 1. The van der Waals surface area contributed by atoms with Gasteiger partial charge in [-0.2, -0.15) is 0 Å². The van der Waals surface area contributed by atoms with Crippen molar-refractivity contribution in [2.24, 2.45) is 0 Å². The second kappa shape index (κ2) is 12.2. The third-order valence-electron chi connectivity index (χ3n) is 7.95. The number of hydrogen-bond acceptors (Lipinski definition) is 6. The summed E-state index contributed by atoms with van der Waals surface area (Å²) in [7, 11) is 1.69. The number of hydrogen-bond donors (Lipinski definition) is 4. The minimum Gasteiger partial charge on any atom is -0.394 e. The Balaban J connectivity index is 1.52.